The van der Waals surface area contributed by atoms with Gasteiger partial charge in [-0.3, -0.25) is 0 Å². The van der Waals surface area contributed by atoms with Crippen LogP contribution in [0.4, 0.5) is 0 Å². The predicted molar refractivity (Wildman–Crippen MR) is 30.4 cm³/mol. The number of rotatable bonds is 2. The molecule has 0 aliphatic carbocycles. The Bertz CT molecular complexity index is 81.1. The number of hydrogen-bond donors (Lipinski definition) is 0. The summed E-state index contributed by atoms with van der Waals surface area (Å²) in [6.07, 6.45) is 1.49. The molecule has 0 amide bonds. The van der Waals surface area contributed by atoms with E-state index >= 15 is 0 Å². The summed E-state index contributed by atoms with van der Waals surface area (Å²) in [6.45, 7) is 4.84. The minimum absolute atomic E-state index is 0. The molecule has 0 rings (SSSR count). The van der Waals surface area contributed by atoms with Gasteiger partial charge in [-0.05, 0) is 6.08 Å². The Morgan fingerprint density at radius 1 is 1.70 bits per heavy atom. The average Bonchev–Trinajstić information content (AvgIpc) is 1.89. The summed E-state index contributed by atoms with van der Waals surface area (Å²) in [5.74, 6) is -1.23. The Balaban J connectivity index is -0.0000000910. The van der Waals surface area contributed by atoms with Crippen molar-refractivity contribution in [2.75, 3.05) is 6.61 Å². The van der Waals surface area contributed by atoms with Crippen molar-refractivity contribution in [1.82, 2.24) is 0 Å². The van der Waals surface area contributed by atoms with Crippen LogP contribution in [-0.2, 0) is 26.5 Å². The fraction of sp³-hybridized carbons (Fsp3) is 0.500. The van der Waals surface area contributed by atoms with Crippen LogP contribution < -0.4 is 10.2 Å². The number of carbonyl (C=O) groups is 1. The summed E-state index contributed by atoms with van der Waals surface area (Å²) >= 11 is 0. The smallest absolute Gasteiger partial charge is 0.854 e. The zero-order valence-corrected chi connectivity index (χ0v) is 7.48. The van der Waals surface area contributed by atoms with Crippen molar-refractivity contribution in [2.45, 2.75) is 13.3 Å². The molecule has 3 nitrogen and oxygen atoms in total. The average molecular weight is 178 g/mol. The van der Waals surface area contributed by atoms with E-state index in [1.54, 1.807) is 0 Å². The molecule has 0 heterocycles. The zero-order valence-electron chi connectivity index (χ0n) is 5.92. The molecule has 0 bridgehead atoms. The molecule has 0 aliphatic heterocycles. The van der Waals surface area contributed by atoms with Crippen LogP contribution in [0.1, 0.15) is 13.3 Å². The Morgan fingerprint density at radius 2 is 1.90 bits per heavy atom. The van der Waals surface area contributed by atoms with Gasteiger partial charge in [-0.25, -0.2) is 0 Å². The van der Waals surface area contributed by atoms with Crippen LogP contribution in [-0.4, -0.2) is 12.6 Å². The second-order valence-corrected chi connectivity index (χ2v) is 1.23. The molecule has 0 aromatic rings. The monoisotopic (exact) mass is 178 g/mol. The summed E-state index contributed by atoms with van der Waals surface area (Å²) in [5, 5.41) is 18.4. The van der Waals surface area contributed by atoms with Crippen LogP contribution in [0.2, 0.25) is 0 Å². The van der Waals surface area contributed by atoms with Crippen LogP contribution in [0.25, 0.3) is 0 Å². The van der Waals surface area contributed by atoms with Crippen molar-refractivity contribution in [3.8, 4) is 0 Å². The van der Waals surface area contributed by atoms with Crippen molar-refractivity contribution in [2.24, 2.45) is 0 Å². The van der Waals surface area contributed by atoms with Crippen molar-refractivity contribution in [3.05, 3.63) is 12.7 Å². The van der Waals surface area contributed by atoms with Crippen molar-refractivity contribution >= 4 is 5.97 Å². The number of hydrogen-bond acceptors (Lipinski definition) is 3. The molecule has 0 aromatic carbocycles. The molecule has 0 aromatic heterocycles. The maximum absolute atomic E-state index is 9.30. The first kappa shape index (κ1) is 16.5. The Kier molecular flexibility index (Phi) is 26.3. The van der Waals surface area contributed by atoms with Gasteiger partial charge in [0.1, 0.15) is 0 Å². The molecule has 0 unspecified atom stereocenters. The normalized spacial score (nSPS) is 6.20. The van der Waals surface area contributed by atoms with Crippen LogP contribution in [0.5, 0.6) is 0 Å². The minimum Gasteiger partial charge on any atom is -0.854 e. The van der Waals surface area contributed by atoms with E-state index in [1.807, 2.05) is 6.92 Å². The number of aliphatic carboxylic acids is 1. The molecule has 56 valence electrons. The third kappa shape index (κ3) is 44.9. The summed E-state index contributed by atoms with van der Waals surface area (Å²) in [4.78, 5) is 9.14. The van der Waals surface area contributed by atoms with Gasteiger partial charge in [-0.2, -0.15) is 0 Å². The molecule has 10 heavy (non-hydrogen) atoms. The first-order valence-electron chi connectivity index (χ1n) is 2.60. The number of carbonyl (C=O) groups excluding carboxylic acids is 1. The molecular weight excluding hydrogens is 168 g/mol. The van der Waals surface area contributed by atoms with E-state index in [9.17, 15) is 5.11 Å². The zero-order chi connectivity index (χ0) is 7.70. The van der Waals surface area contributed by atoms with Crippen LogP contribution >= 0.6 is 0 Å². The summed E-state index contributed by atoms with van der Waals surface area (Å²) < 4.78 is 0. The molecule has 0 radical (unpaired) electrons. The van der Waals surface area contributed by atoms with Gasteiger partial charge in [0.15, 0.2) is 0 Å². The Labute approximate surface area is 75.6 Å². The summed E-state index contributed by atoms with van der Waals surface area (Å²) in [6, 6.07) is 0. The van der Waals surface area contributed by atoms with Crippen LogP contribution in [0.15, 0.2) is 12.7 Å². The first-order valence-corrected chi connectivity index (χ1v) is 2.60. The van der Waals surface area contributed by atoms with Gasteiger partial charge < -0.3 is 15.0 Å². The molecule has 0 fully saturated rings. The molecule has 0 saturated heterocycles. The third-order valence-corrected chi connectivity index (χ3v) is 0.371. The molecule has 0 saturated carbocycles. The molecular formula is C6H10O3Ti. The van der Waals surface area contributed by atoms with E-state index < -0.39 is 5.97 Å². The topological polar surface area (TPSA) is 63.2 Å². The van der Waals surface area contributed by atoms with Crippen molar-refractivity contribution in [1.29, 1.82) is 0 Å². The molecule has 0 N–H and O–H groups in total. The fourth-order valence-electron chi connectivity index (χ4n) is 0. The molecule has 0 atom stereocenters. The fourth-order valence-corrected chi connectivity index (χ4v) is 0. The Hall–Kier alpha value is -0.116. The third-order valence-electron chi connectivity index (χ3n) is 0.371. The second kappa shape index (κ2) is 15.9. The van der Waals surface area contributed by atoms with E-state index in [2.05, 4.69) is 6.58 Å². The van der Waals surface area contributed by atoms with Crippen LogP contribution in [0, 0.1) is 0 Å². The maximum Gasteiger partial charge on any atom is 2.00 e. The van der Waals surface area contributed by atoms with E-state index in [0.717, 1.165) is 12.5 Å². The van der Waals surface area contributed by atoms with Gasteiger partial charge in [-0.1, -0.05) is 19.9 Å². The van der Waals surface area contributed by atoms with Crippen molar-refractivity contribution < 1.29 is 36.7 Å². The standard InChI is InChI=1S/C3H4O2.C3H7O.Ti/c1-2-3(4)5;1-2-3-4;/h2H,1H2,(H,4,5);2-3H2,1H3;/q;-1;+2/p-1. The number of carboxylic acid groups (broad SMARTS) is 1. The van der Waals surface area contributed by atoms with Gasteiger partial charge in [0, 0.05) is 0 Å². The van der Waals surface area contributed by atoms with Gasteiger partial charge in [0.2, 0.25) is 0 Å². The maximum atomic E-state index is 9.30. The van der Waals surface area contributed by atoms with Gasteiger partial charge in [-0.15, -0.1) is 6.61 Å². The first-order chi connectivity index (χ1) is 4.18. The quantitative estimate of drug-likeness (QED) is 0.389. The SMILES string of the molecule is C=CC(=O)[O-].CCC[O-].[Ti+2]. The number of carboxylic acids is 1. The summed E-state index contributed by atoms with van der Waals surface area (Å²) in [7, 11) is 0. The van der Waals surface area contributed by atoms with Crippen LogP contribution in [0.3, 0.4) is 0 Å². The molecule has 0 spiro atoms. The summed E-state index contributed by atoms with van der Waals surface area (Å²) in [5.41, 5.74) is 0. The largest absolute Gasteiger partial charge is 2.00 e. The van der Waals surface area contributed by atoms with E-state index in [-0.39, 0.29) is 28.3 Å². The minimum atomic E-state index is -1.23. The predicted octanol–water partition coefficient (Wildman–Crippen LogP) is -1.32. The molecule has 4 heteroatoms. The van der Waals surface area contributed by atoms with Gasteiger partial charge >= 0.3 is 21.7 Å². The van der Waals surface area contributed by atoms with Gasteiger partial charge in [0.05, 0.1) is 5.97 Å². The molecule has 0 aliphatic rings. The second-order valence-electron chi connectivity index (χ2n) is 1.23. The van der Waals surface area contributed by atoms with E-state index in [4.69, 9.17) is 9.90 Å². The van der Waals surface area contributed by atoms with E-state index in [0.29, 0.717) is 0 Å². The Morgan fingerprint density at radius 3 is 1.90 bits per heavy atom. The van der Waals surface area contributed by atoms with E-state index in [1.165, 1.54) is 0 Å². The van der Waals surface area contributed by atoms with Gasteiger partial charge in [0.25, 0.3) is 0 Å². The van der Waals surface area contributed by atoms with Crippen molar-refractivity contribution in [3.63, 3.8) is 0 Å².